The van der Waals surface area contributed by atoms with Crippen molar-refractivity contribution in [1.29, 1.82) is 0 Å². The van der Waals surface area contributed by atoms with E-state index in [9.17, 15) is 0 Å². The SMILES string of the molecule is COc1cc(CNCC(C)C)cc(Br)c1OCC(C)C. The number of nitrogens with one attached hydrogen (secondary N) is 1. The number of benzene rings is 1. The summed E-state index contributed by atoms with van der Waals surface area (Å²) in [6.07, 6.45) is 0. The van der Waals surface area contributed by atoms with Crippen LogP contribution in [0.15, 0.2) is 16.6 Å². The molecular weight excluding hydrogens is 318 g/mol. The average Bonchev–Trinajstić information content (AvgIpc) is 2.36. The summed E-state index contributed by atoms with van der Waals surface area (Å²) in [5.74, 6) is 2.70. The van der Waals surface area contributed by atoms with Crippen molar-refractivity contribution in [2.24, 2.45) is 11.8 Å². The van der Waals surface area contributed by atoms with Gasteiger partial charge in [0.2, 0.25) is 0 Å². The predicted molar refractivity (Wildman–Crippen MR) is 87.6 cm³/mol. The Morgan fingerprint density at radius 1 is 1.15 bits per heavy atom. The zero-order valence-corrected chi connectivity index (χ0v) is 14.7. The number of rotatable bonds is 8. The minimum Gasteiger partial charge on any atom is -0.493 e. The molecule has 1 aromatic rings. The molecule has 0 heterocycles. The molecule has 0 aliphatic rings. The molecule has 3 nitrogen and oxygen atoms in total. The van der Waals surface area contributed by atoms with E-state index in [2.05, 4.69) is 55.0 Å². The second-order valence-corrected chi connectivity index (χ2v) is 6.69. The van der Waals surface area contributed by atoms with Crippen molar-refractivity contribution in [1.82, 2.24) is 5.32 Å². The Bertz CT molecular complexity index is 419. The molecule has 0 aliphatic carbocycles. The molecule has 0 bridgehead atoms. The molecule has 4 heteroatoms. The summed E-state index contributed by atoms with van der Waals surface area (Å²) in [5.41, 5.74) is 1.19. The molecule has 114 valence electrons. The van der Waals surface area contributed by atoms with E-state index >= 15 is 0 Å². The van der Waals surface area contributed by atoms with E-state index in [4.69, 9.17) is 9.47 Å². The highest BCUT2D eigenvalue weighted by Gasteiger charge is 2.12. The Morgan fingerprint density at radius 3 is 2.40 bits per heavy atom. The maximum atomic E-state index is 5.83. The van der Waals surface area contributed by atoms with E-state index < -0.39 is 0 Å². The zero-order chi connectivity index (χ0) is 15.1. The van der Waals surface area contributed by atoms with Crippen LogP contribution < -0.4 is 14.8 Å². The van der Waals surface area contributed by atoms with Crippen molar-refractivity contribution in [2.45, 2.75) is 34.2 Å². The Kier molecular flexibility index (Phi) is 7.38. The summed E-state index contributed by atoms with van der Waals surface area (Å²) in [6, 6.07) is 4.12. The van der Waals surface area contributed by atoms with Crippen molar-refractivity contribution >= 4 is 15.9 Å². The van der Waals surface area contributed by atoms with Gasteiger partial charge in [0.05, 0.1) is 18.2 Å². The van der Waals surface area contributed by atoms with Gasteiger partial charge < -0.3 is 14.8 Å². The van der Waals surface area contributed by atoms with Gasteiger partial charge in [0.25, 0.3) is 0 Å². The largest absolute Gasteiger partial charge is 0.493 e. The van der Waals surface area contributed by atoms with Gasteiger partial charge in [-0.05, 0) is 52.0 Å². The number of halogens is 1. The lowest BCUT2D eigenvalue weighted by Crippen LogP contribution is -2.19. The van der Waals surface area contributed by atoms with Crippen LogP contribution in [0.4, 0.5) is 0 Å². The maximum absolute atomic E-state index is 5.83. The average molecular weight is 344 g/mol. The number of methoxy groups -OCH3 is 1. The lowest BCUT2D eigenvalue weighted by molar-refractivity contribution is 0.255. The van der Waals surface area contributed by atoms with Crippen molar-refractivity contribution in [2.75, 3.05) is 20.3 Å². The summed E-state index contributed by atoms with van der Waals surface area (Å²) in [4.78, 5) is 0. The number of hydrogen-bond donors (Lipinski definition) is 1. The van der Waals surface area contributed by atoms with Crippen molar-refractivity contribution in [3.05, 3.63) is 22.2 Å². The summed E-state index contributed by atoms with van der Waals surface area (Å²) >= 11 is 3.58. The standard InChI is InChI=1S/C16H26BrNO2/c1-11(2)8-18-9-13-6-14(17)16(15(7-13)19-5)20-10-12(3)4/h6-7,11-12,18H,8-10H2,1-5H3. The Hall–Kier alpha value is -0.740. The minimum atomic E-state index is 0.485. The second-order valence-electron chi connectivity index (χ2n) is 5.84. The van der Waals surface area contributed by atoms with Gasteiger partial charge in [-0.3, -0.25) is 0 Å². The van der Waals surface area contributed by atoms with Crippen molar-refractivity contribution in [3.63, 3.8) is 0 Å². The zero-order valence-electron chi connectivity index (χ0n) is 13.1. The third kappa shape index (κ3) is 5.71. The molecule has 0 unspecified atom stereocenters. The van der Waals surface area contributed by atoms with Crippen molar-refractivity contribution < 1.29 is 9.47 Å². The van der Waals surface area contributed by atoms with E-state index in [1.165, 1.54) is 5.56 Å². The molecule has 0 atom stereocenters. The van der Waals surface area contributed by atoms with E-state index in [-0.39, 0.29) is 0 Å². The summed E-state index contributed by atoms with van der Waals surface area (Å²) in [5, 5.41) is 3.43. The van der Waals surface area contributed by atoms with Crippen LogP contribution in [0.25, 0.3) is 0 Å². The highest BCUT2D eigenvalue weighted by Crippen LogP contribution is 2.36. The van der Waals surface area contributed by atoms with Crippen LogP contribution in [0.5, 0.6) is 11.5 Å². The molecule has 0 fully saturated rings. The van der Waals surface area contributed by atoms with Gasteiger partial charge in [-0.15, -0.1) is 0 Å². The van der Waals surface area contributed by atoms with Gasteiger partial charge in [-0.1, -0.05) is 27.7 Å². The van der Waals surface area contributed by atoms with Crippen LogP contribution in [-0.4, -0.2) is 20.3 Å². The van der Waals surface area contributed by atoms with Crippen LogP contribution in [0.2, 0.25) is 0 Å². The molecule has 0 saturated heterocycles. The van der Waals surface area contributed by atoms with Gasteiger partial charge in [0.1, 0.15) is 0 Å². The molecule has 0 saturated carbocycles. The third-order valence-corrected chi connectivity index (χ3v) is 3.32. The summed E-state index contributed by atoms with van der Waals surface area (Å²) in [6.45, 7) is 11.2. The maximum Gasteiger partial charge on any atom is 0.175 e. The van der Waals surface area contributed by atoms with Crippen LogP contribution in [0.1, 0.15) is 33.3 Å². The molecule has 1 rings (SSSR count). The Morgan fingerprint density at radius 2 is 1.85 bits per heavy atom. The van der Waals surface area contributed by atoms with Gasteiger partial charge in [-0.2, -0.15) is 0 Å². The molecule has 1 aromatic carbocycles. The van der Waals surface area contributed by atoms with Crippen molar-refractivity contribution in [3.8, 4) is 11.5 Å². The molecule has 0 amide bonds. The molecule has 1 N–H and O–H groups in total. The highest BCUT2D eigenvalue weighted by molar-refractivity contribution is 9.10. The van der Waals surface area contributed by atoms with Gasteiger partial charge in [-0.25, -0.2) is 0 Å². The molecule has 0 spiro atoms. The molecule has 0 radical (unpaired) electrons. The van der Waals surface area contributed by atoms with E-state index in [1.807, 2.05) is 6.07 Å². The first-order valence-corrected chi connectivity index (χ1v) is 7.93. The summed E-state index contributed by atoms with van der Waals surface area (Å²) in [7, 11) is 1.68. The highest BCUT2D eigenvalue weighted by atomic mass is 79.9. The summed E-state index contributed by atoms with van der Waals surface area (Å²) < 4.78 is 12.2. The normalized spacial score (nSPS) is 11.2. The Labute approximate surface area is 131 Å². The van der Waals surface area contributed by atoms with Gasteiger partial charge in [0, 0.05) is 6.54 Å². The molecule has 0 aromatic heterocycles. The fraction of sp³-hybridized carbons (Fsp3) is 0.625. The first-order chi connectivity index (χ1) is 9.43. The molecule has 20 heavy (non-hydrogen) atoms. The first kappa shape index (κ1) is 17.3. The topological polar surface area (TPSA) is 30.5 Å². The van der Waals surface area contributed by atoms with Crippen LogP contribution in [0, 0.1) is 11.8 Å². The smallest absolute Gasteiger partial charge is 0.175 e. The second kappa shape index (κ2) is 8.53. The fourth-order valence-corrected chi connectivity index (χ4v) is 2.37. The van der Waals surface area contributed by atoms with E-state index in [0.29, 0.717) is 18.4 Å². The van der Waals surface area contributed by atoms with Crippen LogP contribution in [-0.2, 0) is 6.54 Å². The minimum absolute atomic E-state index is 0.485. The number of hydrogen-bond acceptors (Lipinski definition) is 3. The quantitative estimate of drug-likeness (QED) is 0.765. The third-order valence-electron chi connectivity index (χ3n) is 2.73. The van der Waals surface area contributed by atoms with Gasteiger partial charge >= 0.3 is 0 Å². The first-order valence-electron chi connectivity index (χ1n) is 7.14. The lowest BCUT2D eigenvalue weighted by atomic mass is 10.1. The monoisotopic (exact) mass is 343 g/mol. The van der Waals surface area contributed by atoms with Crippen LogP contribution >= 0.6 is 15.9 Å². The molecular formula is C16H26BrNO2. The van der Waals surface area contributed by atoms with E-state index in [0.717, 1.165) is 29.1 Å². The van der Waals surface area contributed by atoms with E-state index in [1.54, 1.807) is 7.11 Å². The number of ether oxygens (including phenoxy) is 2. The lowest BCUT2D eigenvalue weighted by Gasteiger charge is -2.16. The Balaban J connectivity index is 2.78. The van der Waals surface area contributed by atoms with Gasteiger partial charge in [0.15, 0.2) is 11.5 Å². The fourth-order valence-electron chi connectivity index (χ4n) is 1.77. The predicted octanol–water partition coefficient (Wildman–Crippen LogP) is 4.24. The molecule has 0 aliphatic heterocycles. The van der Waals surface area contributed by atoms with Crippen LogP contribution in [0.3, 0.4) is 0 Å².